The SMILES string of the molecule is Cc1ccc(-n2nc(-c3ccccc3)c3c2N(CC(=O)NCc2ccco2)C(=O)CS[C@@H]3c2cccc(Cl)c2)cc1. The maximum atomic E-state index is 13.8. The molecule has 2 aromatic heterocycles. The Balaban J connectivity index is 1.53. The molecule has 206 valence electrons. The quantitative estimate of drug-likeness (QED) is 0.234. The number of benzene rings is 3. The third-order valence-electron chi connectivity index (χ3n) is 6.91. The minimum atomic E-state index is -0.301. The second-order valence-electron chi connectivity index (χ2n) is 9.78. The molecule has 0 unspecified atom stereocenters. The van der Waals surface area contributed by atoms with Gasteiger partial charge in [0.25, 0.3) is 0 Å². The number of nitrogens with one attached hydrogen (secondary N) is 1. The van der Waals surface area contributed by atoms with Crippen molar-refractivity contribution in [3.63, 3.8) is 0 Å². The molecule has 5 aromatic rings. The van der Waals surface area contributed by atoms with Gasteiger partial charge in [-0.2, -0.15) is 5.10 Å². The molecule has 0 bridgehead atoms. The summed E-state index contributed by atoms with van der Waals surface area (Å²) >= 11 is 7.95. The van der Waals surface area contributed by atoms with Crippen LogP contribution in [0.15, 0.2) is 102 Å². The highest BCUT2D eigenvalue weighted by Gasteiger charge is 2.37. The molecule has 1 atom stereocenters. The molecule has 41 heavy (non-hydrogen) atoms. The number of anilines is 1. The van der Waals surface area contributed by atoms with Crippen LogP contribution in [0.2, 0.25) is 5.02 Å². The smallest absolute Gasteiger partial charge is 0.240 e. The molecule has 0 saturated heterocycles. The molecule has 1 aliphatic rings. The lowest BCUT2D eigenvalue weighted by molar-refractivity contribution is -0.123. The first kappa shape index (κ1) is 26.9. The predicted octanol–water partition coefficient (Wildman–Crippen LogP) is 6.58. The van der Waals surface area contributed by atoms with Gasteiger partial charge in [0.05, 0.1) is 35.2 Å². The van der Waals surface area contributed by atoms with Crippen LogP contribution in [-0.4, -0.2) is 33.9 Å². The number of halogens is 1. The van der Waals surface area contributed by atoms with Crippen molar-refractivity contribution in [2.45, 2.75) is 18.7 Å². The lowest BCUT2D eigenvalue weighted by Gasteiger charge is -2.23. The number of carbonyl (C=O) groups is 2. The van der Waals surface area contributed by atoms with Gasteiger partial charge in [-0.1, -0.05) is 71.8 Å². The molecule has 7 nitrogen and oxygen atoms in total. The van der Waals surface area contributed by atoms with Crippen LogP contribution in [0.4, 0.5) is 5.82 Å². The summed E-state index contributed by atoms with van der Waals surface area (Å²) in [6.45, 7) is 2.09. The van der Waals surface area contributed by atoms with Crippen molar-refractivity contribution in [2.24, 2.45) is 0 Å². The molecular formula is C32H27ClN4O3S. The molecule has 0 saturated carbocycles. The number of aromatic nitrogens is 2. The first-order valence-electron chi connectivity index (χ1n) is 13.2. The highest BCUT2D eigenvalue weighted by atomic mass is 35.5. The van der Waals surface area contributed by atoms with Gasteiger partial charge in [0.2, 0.25) is 11.8 Å². The molecule has 3 aromatic carbocycles. The van der Waals surface area contributed by atoms with E-state index in [1.165, 1.54) is 11.8 Å². The zero-order chi connectivity index (χ0) is 28.3. The fourth-order valence-corrected chi connectivity index (χ4v) is 6.31. The normalized spacial score (nSPS) is 14.9. The Bertz CT molecular complexity index is 1680. The highest BCUT2D eigenvalue weighted by molar-refractivity contribution is 8.00. The maximum Gasteiger partial charge on any atom is 0.240 e. The van der Waals surface area contributed by atoms with Crippen LogP contribution < -0.4 is 10.2 Å². The first-order chi connectivity index (χ1) is 20.0. The fourth-order valence-electron chi connectivity index (χ4n) is 4.93. The molecule has 6 rings (SSSR count). The average Bonchev–Trinajstić information content (AvgIpc) is 3.62. The third kappa shape index (κ3) is 5.66. The summed E-state index contributed by atoms with van der Waals surface area (Å²) in [5.41, 5.74) is 5.37. The van der Waals surface area contributed by atoms with Crippen LogP contribution >= 0.6 is 23.4 Å². The number of fused-ring (bicyclic) bond motifs is 1. The number of furan rings is 1. The Labute approximate surface area is 247 Å². The highest BCUT2D eigenvalue weighted by Crippen LogP contribution is 2.48. The van der Waals surface area contributed by atoms with Gasteiger partial charge in [-0.15, -0.1) is 11.8 Å². The Morgan fingerprint density at radius 3 is 2.59 bits per heavy atom. The molecule has 0 fully saturated rings. The minimum Gasteiger partial charge on any atom is -0.467 e. The summed E-state index contributed by atoms with van der Waals surface area (Å²) in [4.78, 5) is 28.6. The van der Waals surface area contributed by atoms with E-state index in [2.05, 4.69) is 5.32 Å². The van der Waals surface area contributed by atoms with Crippen molar-refractivity contribution in [2.75, 3.05) is 17.2 Å². The zero-order valence-corrected chi connectivity index (χ0v) is 23.9. The van der Waals surface area contributed by atoms with Crippen LogP contribution in [-0.2, 0) is 16.1 Å². The Morgan fingerprint density at radius 1 is 1.05 bits per heavy atom. The monoisotopic (exact) mass is 582 g/mol. The average molecular weight is 583 g/mol. The molecule has 0 spiro atoms. The van der Waals surface area contributed by atoms with E-state index in [1.807, 2.05) is 85.8 Å². The second kappa shape index (κ2) is 11.7. The summed E-state index contributed by atoms with van der Waals surface area (Å²) in [5, 5.41) is 8.35. The van der Waals surface area contributed by atoms with Crippen LogP contribution in [0, 0.1) is 6.92 Å². The van der Waals surface area contributed by atoms with Crippen molar-refractivity contribution in [3.05, 3.63) is 125 Å². The van der Waals surface area contributed by atoms with Gasteiger partial charge in [-0.05, 0) is 48.9 Å². The Hall–Kier alpha value is -4.27. The van der Waals surface area contributed by atoms with Crippen molar-refractivity contribution in [3.8, 4) is 16.9 Å². The molecule has 0 aliphatic carbocycles. The zero-order valence-electron chi connectivity index (χ0n) is 22.3. The van der Waals surface area contributed by atoms with E-state index in [1.54, 1.807) is 28.0 Å². The van der Waals surface area contributed by atoms with Crippen LogP contribution in [0.5, 0.6) is 0 Å². The van der Waals surface area contributed by atoms with Gasteiger partial charge >= 0.3 is 0 Å². The van der Waals surface area contributed by atoms with Gasteiger partial charge in [0, 0.05) is 16.1 Å². The van der Waals surface area contributed by atoms with Gasteiger partial charge in [0.15, 0.2) is 0 Å². The van der Waals surface area contributed by atoms with E-state index in [-0.39, 0.29) is 35.9 Å². The van der Waals surface area contributed by atoms with E-state index in [4.69, 9.17) is 21.1 Å². The first-order valence-corrected chi connectivity index (χ1v) is 14.6. The fraction of sp³-hybridized carbons (Fsp3) is 0.156. The van der Waals surface area contributed by atoms with Gasteiger partial charge in [-0.25, -0.2) is 4.68 Å². The van der Waals surface area contributed by atoms with Gasteiger partial charge in [-0.3, -0.25) is 14.5 Å². The largest absolute Gasteiger partial charge is 0.467 e. The van der Waals surface area contributed by atoms with E-state index < -0.39 is 0 Å². The molecule has 0 radical (unpaired) electrons. The Kier molecular flexibility index (Phi) is 7.67. The maximum absolute atomic E-state index is 13.8. The standard InChI is InChI=1S/C32H27ClN4O3S/c1-21-12-14-25(15-13-21)37-32-29(30(35-37)22-7-3-2-4-8-22)31(23-9-5-10-24(33)17-23)41-20-28(39)36(32)19-27(38)34-18-26-11-6-16-40-26/h2-17,31H,18-20H2,1H3,(H,34,38)/t31-/m1/s1. The number of amides is 2. The summed E-state index contributed by atoms with van der Waals surface area (Å²) < 4.78 is 7.15. The van der Waals surface area contributed by atoms with Crippen LogP contribution in [0.3, 0.4) is 0 Å². The summed E-state index contributed by atoms with van der Waals surface area (Å²) in [5.74, 6) is 0.903. The molecule has 1 aliphatic heterocycles. The van der Waals surface area contributed by atoms with Crippen molar-refractivity contribution < 1.29 is 14.0 Å². The number of thioether (sulfide) groups is 1. The van der Waals surface area contributed by atoms with Crippen LogP contribution in [0.1, 0.15) is 27.7 Å². The number of aryl methyl sites for hydroxylation is 1. The van der Waals surface area contributed by atoms with E-state index in [0.717, 1.165) is 33.6 Å². The van der Waals surface area contributed by atoms with Crippen LogP contribution in [0.25, 0.3) is 16.9 Å². The number of nitrogens with zero attached hydrogens (tertiary/aromatic N) is 3. The third-order valence-corrected chi connectivity index (χ3v) is 8.40. The summed E-state index contributed by atoms with van der Waals surface area (Å²) in [6.07, 6.45) is 1.56. The second-order valence-corrected chi connectivity index (χ2v) is 11.3. The van der Waals surface area contributed by atoms with Gasteiger partial charge in [0.1, 0.15) is 18.1 Å². The van der Waals surface area contributed by atoms with Gasteiger partial charge < -0.3 is 9.73 Å². The topological polar surface area (TPSA) is 80.4 Å². The minimum absolute atomic E-state index is 0.166. The number of hydrogen-bond donors (Lipinski definition) is 1. The number of rotatable bonds is 7. The Morgan fingerprint density at radius 2 is 1.85 bits per heavy atom. The van der Waals surface area contributed by atoms with Crippen molar-refractivity contribution in [1.29, 1.82) is 0 Å². The van der Waals surface area contributed by atoms with E-state index in [9.17, 15) is 9.59 Å². The van der Waals surface area contributed by atoms with E-state index >= 15 is 0 Å². The van der Waals surface area contributed by atoms with Crippen molar-refractivity contribution in [1.82, 2.24) is 15.1 Å². The molecule has 1 N–H and O–H groups in total. The molecule has 9 heteroatoms. The number of hydrogen-bond acceptors (Lipinski definition) is 5. The summed E-state index contributed by atoms with van der Waals surface area (Å²) in [7, 11) is 0. The predicted molar refractivity (Wildman–Crippen MR) is 162 cm³/mol. The molecule has 3 heterocycles. The molecular weight excluding hydrogens is 556 g/mol. The van der Waals surface area contributed by atoms with Crippen molar-refractivity contribution >= 4 is 41.0 Å². The summed E-state index contributed by atoms with van der Waals surface area (Å²) in [6, 6.07) is 29.1. The lowest BCUT2D eigenvalue weighted by Crippen LogP contribution is -2.42. The van der Waals surface area contributed by atoms with E-state index in [0.29, 0.717) is 16.6 Å². The lowest BCUT2D eigenvalue weighted by atomic mass is 9.99. The number of carbonyl (C=O) groups excluding carboxylic acids is 2. The molecule has 2 amide bonds.